The Morgan fingerprint density at radius 2 is 2.05 bits per heavy atom. The molecule has 1 heterocycles. The number of nitrogens with zero attached hydrogens (tertiary/aromatic N) is 2. The molecule has 2 rings (SSSR count). The van der Waals surface area contributed by atoms with Gasteiger partial charge in [0, 0.05) is 11.6 Å². The van der Waals surface area contributed by atoms with E-state index in [4.69, 9.17) is 11.6 Å². The molecule has 1 aromatic heterocycles. The van der Waals surface area contributed by atoms with Crippen LogP contribution < -0.4 is 0 Å². The van der Waals surface area contributed by atoms with Crippen LogP contribution in [-0.4, -0.2) is 15.1 Å². The molecular weight excluding hydrogens is 382 g/mol. The van der Waals surface area contributed by atoms with Crippen LogP contribution in [0.25, 0.3) is 11.4 Å². The highest BCUT2D eigenvalue weighted by atomic mass is 127. The number of phenolic OH excluding ortho intramolecular Hbond substituents is 1. The summed E-state index contributed by atoms with van der Waals surface area (Å²) in [4.78, 5) is 8.53. The summed E-state index contributed by atoms with van der Waals surface area (Å²) in [6.07, 6.45) is 1.70. The Bertz CT molecular complexity index is 602. The third kappa shape index (κ3) is 3.33. The summed E-state index contributed by atoms with van der Waals surface area (Å²) < 4.78 is 14.1. The van der Waals surface area contributed by atoms with Crippen LogP contribution in [0.1, 0.15) is 19.0 Å². The Morgan fingerprint density at radius 3 is 2.68 bits per heavy atom. The van der Waals surface area contributed by atoms with E-state index in [1.165, 1.54) is 12.1 Å². The van der Waals surface area contributed by atoms with Crippen LogP contribution in [-0.2, 0) is 6.42 Å². The third-order valence-electron chi connectivity index (χ3n) is 2.51. The molecule has 0 bridgehead atoms. The summed E-state index contributed by atoms with van der Waals surface area (Å²) >= 11 is 8.17. The van der Waals surface area contributed by atoms with Crippen molar-refractivity contribution in [3.8, 4) is 17.1 Å². The molecule has 6 heteroatoms. The molecule has 0 amide bonds. The third-order valence-corrected chi connectivity index (χ3v) is 4.23. The summed E-state index contributed by atoms with van der Waals surface area (Å²) in [7, 11) is 0. The van der Waals surface area contributed by atoms with Gasteiger partial charge in [-0.2, -0.15) is 0 Å². The molecule has 0 unspecified atom stereocenters. The number of aromatic hydroxyl groups is 1. The summed E-state index contributed by atoms with van der Waals surface area (Å²) in [5.74, 6) is -0.376. The molecule has 0 radical (unpaired) electrons. The van der Waals surface area contributed by atoms with Crippen molar-refractivity contribution in [3.63, 3.8) is 0 Å². The maximum absolute atomic E-state index is 13.3. The fourth-order valence-electron chi connectivity index (χ4n) is 1.70. The molecule has 0 aliphatic carbocycles. The Morgan fingerprint density at radius 1 is 1.32 bits per heavy atom. The molecule has 0 atom stereocenters. The molecule has 2 aromatic rings. The van der Waals surface area contributed by atoms with Crippen molar-refractivity contribution in [2.45, 2.75) is 19.8 Å². The number of hydrogen-bond donors (Lipinski definition) is 1. The molecule has 0 fully saturated rings. The topological polar surface area (TPSA) is 46.0 Å². The summed E-state index contributed by atoms with van der Waals surface area (Å²) in [5, 5.41) is 9.77. The van der Waals surface area contributed by atoms with E-state index >= 15 is 0 Å². The first-order valence-corrected chi connectivity index (χ1v) is 7.18. The number of rotatable bonds is 3. The van der Waals surface area contributed by atoms with Gasteiger partial charge in [-0.15, -0.1) is 0 Å². The number of aryl methyl sites for hydroxylation is 1. The van der Waals surface area contributed by atoms with E-state index in [1.54, 1.807) is 0 Å². The van der Waals surface area contributed by atoms with Crippen LogP contribution in [0, 0.1) is 9.39 Å². The van der Waals surface area contributed by atoms with Crippen LogP contribution >= 0.6 is 34.2 Å². The molecule has 3 nitrogen and oxygen atoms in total. The van der Waals surface area contributed by atoms with E-state index in [0.717, 1.165) is 28.2 Å². The Labute approximate surface area is 129 Å². The summed E-state index contributed by atoms with van der Waals surface area (Å²) in [5.41, 5.74) is 1.25. The minimum absolute atomic E-state index is 0.162. The normalized spacial score (nSPS) is 10.7. The quantitative estimate of drug-likeness (QED) is 0.629. The van der Waals surface area contributed by atoms with E-state index < -0.39 is 5.82 Å². The predicted molar refractivity (Wildman–Crippen MR) is 80.8 cm³/mol. The van der Waals surface area contributed by atoms with Gasteiger partial charge in [-0.3, -0.25) is 0 Å². The lowest BCUT2D eigenvalue weighted by atomic mass is 10.2. The first kappa shape index (κ1) is 14.5. The van der Waals surface area contributed by atoms with Gasteiger partial charge in [0.2, 0.25) is 0 Å². The fraction of sp³-hybridized carbons (Fsp3) is 0.231. The zero-order chi connectivity index (χ0) is 14.0. The van der Waals surface area contributed by atoms with E-state index in [-0.39, 0.29) is 5.75 Å². The Kier molecular flexibility index (Phi) is 4.57. The zero-order valence-electron chi connectivity index (χ0n) is 10.1. The van der Waals surface area contributed by atoms with Crippen molar-refractivity contribution >= 4 is 34.2 Å². The molecular formula is C13H11ClFIN2O. The highest BCUT2D eigenvalue weighted by molar-refractivity contribution is 14.1. The lowest BCUT2D eigenvalue weighted by Crippen LogP contribution is -2.00. The fourth-order valence-corrected chi connectivity index (χ4v) is 2.40. The Balaban J connectivity index is 2.55. The van der Waals surface area contributed by atoms with Crippen LogP contribution in [0.3, 0.4) is 0 Å². The summed E-state index contributed by atoms with van der Waals surface area (Å²) in [6, 6.07) is 3.72. The van der Waals surface area contributed by atoms with Crippen LogP contribution in [0.2, 0.25) is 5.15 Å². The molecule has 1 aromatic carbocycles. The number of benzene rings is 1. The first-order valence-electron chi connectivity index (χ1n) is 5.73. The number of phenols is 1. The van der Waals surface area contributed by atoms with E-state index in [2.05, 4.69) is 32.6 Å². The van der Waals surface area contributed by atoms with Crippen LogP contribution in [0.15, 0.2) is 18.2 Å². The summed E-state index contributed by atoms with van der Waals surface area (Å²) in [6.45, 7) is 2.04. The SMILES string of the molecule is CCCc1nc(-c2cc(O)cc(F)c2)nc(Cl)c1I. The molecule has 0 saturated heterocycles. The van der Waals surface area contributed by atoms with Gasteiger partial charge in [-0.25, -0.2) is 14.4 Å². The van der Waals surface area contributed by atoms with Crippen molar-refractivity contribution in [3.05, 3.63) is 38.4 Å². The van der Waals surface area contributed by atoms with Crippen LogP contribution in [0.4, 0.5) is 4.39 Å². The van der Waals surface area contributed by atoms with Crippen molar-refractivity contribution in [2.24, 2.45) is 0 Å². The van der Waals surface area contributed by atoms with E-state index in [0.29, 0.717) is 16.5 Å². The highest BCUT2D eigenvalue weighted by Gasteiger charge is 2.12. The van der Waals surface area contributed by atoms with Crippen molar-refractivity contribution in [1.29, 1.82) is 0 Å². The Hall–Kier alpha value is -0.950. The molecule has 0 aliphatic heterocycles. The van der Waals surface area contributed by atoms with Crippen molar-refractivity contribution in [2.75, 3.05) is 0 Å². The number of halogens is 3. The average Bonchev–Trinajstić information content (AvgIpc) is 2.33. The molecule has 100 valence electrons. The molecule has 0 saturated carbocycles. The minimum Gasteiger partial charge on any atom is -0.508 e. The van der Waals surface area contributed by atoms with Gasteiger partial charge >= 0.3 is 0 Å². The van der Waals surface area contributed by atoms with Gasteiger partial charge in [-0.1, -0.05) is 24.9 Å². The maximum atomic E-state index is 13.3. The monoisotopic (exact) mass is 392 g/mol. The van der Waals surface area contributed by atoms with E-state index in [9.17, 15) is 9.50 Å². The minimum atomic E-state index is -0.537. The van der Waals surface area contributed by atoms with E-state index in [1.807, 2.05) is 6.92 Å². The smallest absolute Gasteiger partial charge is 0.161 e. The second-order valence-corrected chi connectivity index (χ2v) is 5.48. The first-order chi connectivity index (χ1) is 9.01. The maximum Gasteiger partial charge on any atom is 0.161 e. The van der Waals surface area contributed by atoms with Gasteiger partial charge in [0.05, 0.1) is 9.26 Å². The van der Waals surface area contributed by atoms with Gasteiger partial charge < -0.3 is 5.11 Å². The lowest BCUT2D eigenvalue weighted by molar-refractivity contribution is 0.469. The standard InChI is InChI=1S/C13H11ClFIN2O/c1-2-3-10-11(16)12(14)18-13(17-10)7-4-8(15)6-9(19)5-7/h4-6,19H,2-3H2,1H3. The largest absolute Gasteiger partial charge is 0.508 e. The molecule has 0 aliphatic rings. The zero-order valence-corrected chi connectivity index (χ0v) is 13.0. The number of hydrogen-bond acceptors (Lipinski definition) is 3. The van der Waals surface area contributed by atoms with Gasteiger partial charge in [0.15, 0.2) is 5.82 Å². The molecule has 1 N–H and O–H groups in total. The van der Waals surface area contributed by atoms with Gasteiger partial charge in [0.25, 0.3) is 0 Å². The van der Waals surface area contributed by atoms with Crippen molar-refractivity contribution < 1.29 is 9.50 Å². The second kappa shape index (κ2) is 6.00. The van der Waals surface area contributed by atoms with Crippen molar-refractivity contribution in [1.82, 2.24) is 9.97 Å². The molecule has 0 spiro atoms. The highest BCUT2D eigenvalue weighted by Crippen LogP contribution is 2.27. The number of aromatic nitrogens is 2. The average molecular weight is 393 g/mol. The second-order valence-electron chi connectivity index (χ2n) is 4.05. The predicted octanol–water partition coefficient (Wildman–Crippen LogP) is 4.20. The lowest BCUT2D eigenvalue weighted by Gasteiger charge is -2.08. The molecule has 19 heavy (non-hydrogen) atoms. The van der Waals surface area contributed by atoms with Gasteiger partial charge in [0.1, 0.15) is 16.7 Å². The van der Waals surface area contributed by atoms with Gasteiger partial charge in [-0.05, 0) is 41.1 Å². The van der Waals surface area contributed by atoms with Crippen LogP contribution in [0.5, 0.6) is 5.75 Å².